The quantitative estimate of drug-likeness (QED) is 0.637. The molecule has 0 atom stereocenters. The van der Waals surface area contributed by atoms with Gasteiger partial charge in [-0.1, -0.05) is 5.16 Å². The molecule has 0 unspecified atom stereocenters. The highest BCUT2D eigenvalue weighted by Gasteiger charge is 2.29. The van der Waals surface area contributed by atoms with Crippen molar-refractivity contribution in [2.45, 2.75) is 6.92 Å². The van der Waals surface area contributed by atoms with E-state index in [9.17, 15) is 9.59 Å². The van der Waals surface area contributed by atoms with Crippen molar-refractivity contribution in [1.82, 2.24) is 5.16 Å². The summed E-state index contributed by atoms with van der Waals surface area (Å²) in [5, 5.41) is 3.64. The normalized spacial score (nSPS) is 17.6. The van der Waals surface area contributed by atoms with Gasteiger partial charge in [-0.3, -0.25) is 9.59 Å². The van der Waals surface area contributed by atoms with Gasteiger partial charge in [0.1, 0.15) is 5.76 Å². The molecule has 6 heteroatoms. The molecule has 1 aromatic rings. The van der Waals surface area contributed by atoms with Crippen LogP contribution in [0, 0.1) is 6.92 Å². The van der Waals surface area contributed by atoms with E-state index in [4.69, 9.17) is 4.52 Å². The van der Waals surface area contributed by atoms with Crippen molar-refractivity contribution in [2.75, 3.05) is 16.4 Å². The minimum absolute atomic E-state index is 0.237. The van der Waals surface area contributed by atoms with Gasteiger partial charge < -0.3 is 4.52 Å². The second-order valence-electron chi connectivity index (χ2n) is 2.91. The van der Waals surface area contributed by atoms with Crippen molar-refractivity contribution < 1.29 is 14.1 Å². The largest absolute Gasteiger partial charge is 0.360 e. The molecule has 2 heterocycles. The molecule has 14 heavy (non-hydrogen) atoms. The van der Waals surface area contributed by atoms with E-state index < -0.39 is 0 Å². The lowest BCUT2D eigenvalue weighted by molar-refractivity contribution is -0.124. The number of anilines is 1. The first-order valence-corrected chi connectivity index (χ1v) is 5.21. The van der Waals surface area contributed by atoms with Crippen molar-refractivity contribution in [1.29, 1.82) is 0 Å². The van der Waals surface area contributed by atoms with Crippen molar-refractivity contribution in [3.05, 3.63) is 11.8 Å². The Hall–Kier alpha value is -1.30. The van der Waals surface area contributed by atoms with E-state index in [0.717, 1.165) is 4.90 Å². The predicted octanol–water partition coefficient (Wildman–Crippen LogP) is 0.589. The Balaban J connectivity index is 2.31. The van der Waals surface area contributed by atoms with Crippen LogP contribution in [-0.4, -0.2) is 28.5 Å². The van der Waals surface area contributed by atoms with Crippen LogP contribution in [0.5, 0.6) is 0 Å². The van der Waals surface area contributed by atoms with Gasteiger partial charge in [0.2, 0.25) is 11.8 Å². The summed E-state index contributed by atoms with van der Waals surface area (Å²) in [6, 6.07) is 1.58. The van der Waals surface area contributed by atoms with E-state index in [0.29, 0.717) is 17.3 Å². The van der Waals surface area contributed by atoms with E-state index in [-0.39, 0.29) is 17.6 Å². The topological polar surface area (TPSA) is 63.4 Å². The van der Waals surface area contributed by atoms with Crippen molar-refractivity contribution >= 4 is 29.4 Å². The van der Waals surface area contributed by atoms with Gasteiger partial charge in [0.15, 0.2) is 5.82 Å². The van der Waals surface area contributed by atoms with Crippen LogP contribution < -0.4 is 4.90 Å². The number of amides is 2. The molecular weight excluding hydrogens is 204 g/mol. The van der Waals surface area contributed by atoms with Crippen LogP contribution in [0.1, 0.15) is 5.76 Å². The molecule has 1 fully saturated rings. The van der Waals surface area contributed by atoms with Crippen LogP contribution in [0.25, 0.3) is 0 Å². The molecule has 2 rings (SSSR count). The first kappa shape index (κ1) is 9.26. The van der Waals surface area contributed by atoms with Crippen molar-refractivity contribution in [2.24, 2.45) is 0 Å². The number of thioether (sulfide) groups is 1. The Labute approximate surface area is 84.4 Å². The van der Waals surface area contributed by atoms with Gasteiger partial charge >= 0.3 is 0 Å². The molecule has 0 saturated carbocycles. The third kappa shape index (κ3) is 1.52. The number of aryl methyl sites for hydroxylation is 1. The molecule has 2 amide bonds. The lowest BCUT2D eigenvalue weighted by Gasteiger charge is -2.21. The maximum atomic E-state index is 11.4. The van der Waals surface area contributed by atoms with Crippen LogP contribution in [0.2, 0.25) is 0 Å². The van der Waals surface area contributed by atoms with Crippen LogP contribution in [-0.2, 0) is 9.59 Å². The molecule has 0 spiro atoms. The number of carbonyl (C=O) groups is 2. The van der Waals surface area contributed by atoms with E-state index >= 15 is 0 Å². The Bertz CT molecular complexity index is 372. The van der Waals surface area contributed by atoms with E-state index in [1.165, 1.54) is 11.8 Å². The number of hydrogen-bond acceptors (Lipinski definition) is 5. The fraction of sp³-hybridized carbons (Fsp3) is 0.375. The van der Waals surface area contributed by atoms with Crippen LogP contribution in [0.3, 0.4) is 0 Å². The Morgan fingerprint density at radius 3 is 2.57 bits per heavy atom. The van der Waals surface area contributed by atoms with Crippen molar-refractivity contribution in [3.63, 3.8) is 0 Å². The number of carbonyl (C=O) groups excluding carboxylic acids is 2. The maximum absolute atomic E-state index is 11.4. The molecule has 74 valence electrons. The zero-order valence-corrected chi connectivity index (χ0v) is 8.34. The predicted molar refractivity (Wildman–Crippen MR) is 51.1 cm³/mol. The van der Waals surface area contributed by atoms with Gasteiger partial charge in [-0.2, -0.15) is 0 Å². The summed E-state index contributed by atoms with van der Waals surface area (Å²) in [6.45, 7) is 1.71. The molecule has 0 aliphatic carbocycles. The molecule has 0 N–H and O–H groups in total. The molecular formula is C8H8N2O3S. The molecule has 0 radical (unpaired) electrons. The Morgan fingerprint density at radius 2 is 2.07 bits per heavy atom. The van der Waals surface area contributed by atoms with Gasteiger partial charge in [0, 0.05) is 6.07 Å². The minimum Gasteiger partial charge on any atom is -0.360 e. The molecule has 1 saturated heterocycles. The van der Waals surface area contributed by atoms with Crippen LogP contribution >= 0.6 is 11.8 Å². The van der Waals surface area contributed by atoms with E-state index in [1.807, 2.05) is 0 Å². The number of hydrogen-bond donors (Lipinski definition) is 0. The summed E-state index contributed by atoms with van der Waals surface area (Å²) in [5.41, 5.74) is 0. The fourth-order valence-electron chi connectivity index (χ4n) is 1.21. The third-order valence-electron chi connectivity index (χ3n) is 1.79. The number of nitrogens with zero attached hydrogens (tertiary/aromatic N) is 2. The summed E-state index contributed by atoms with van der Waals surface area (Å²) in [5.74, 6) is 1.03. The smallest absolute Gasteiger partial charge is 0.245 e. The summed E-state index contributed by atoms with van der Waals surface area (Å²) in [4.78, 5) is 23.9. The Kier molecular flexibility index (Phi) is 2.28. The van der Waals surface area contributed by atoms with Gasteiger partial charge in [-0.15, -0.1) is 11.8 Å². The summed E-state index contributed by atoms with van der Waals surface area (Å²) in [7, 11) is 0. The number of aromatic nitrogens is 1. The first-order chi connectivity index (χ1) is 6.68. The summed E-state index contributed by atoms with van der Waals surface area (Å²) in [6.07, 6.45) is 0. The molecule has 1 aliphatic rings. The average Bonchev–Trinajstić information content (AvgIpc) is 2.51. The average molecular weight is 212 g/mol. The monoisotopic (exact) mass is 212 g/mol. The zero-order valence-electron chi connectivity index (χ0n) is 7.52. The third-order valence-corrected chi connectivity index (χ3v) is 2.70. The minimum atomic E-state index is -0.237. The maximum Gasteiger partial charge on any atom is 0.245 e. The highest BCUT2D eigenvalue weighted by atomic mass is 32.2. The molecule has 5 nitrogen and oxygen atoms in total. The summed E-state index contributed by atoms with van der Waals surface area (Å²) < 4.78 is 4.81. The summed E-state index contributed by atoms with van der Waals surface area (Å²) >= 11 is 1.32. The standard InChI is InChI=1S/C8H8N2O3S/c1-5-2-6(9-13-5)10-7(11)3-14-4-8(10)12/h2H,3-4H2,1H3. The molecule has 1 aromatic heterocycles. The van der Waals surface area contributed by atoms with Gasteiger partial charge in [0.25, 0.3) is 0 Å². The lowest BCUT2D eigenvalue weighted by atomic mass is 10.4. The highest BCUT2D eigenvalue weighted by molar-refractivity contribution is 8.00. The fourth-order valence-corrected chi connectivity index (χ4v) is 1.92. The first-order valence-electron chi connectivity index (χ1n) is 4.05. The second kappa shape index (κ2) is 3.45. The van der Waals surface area contributed by atoms with Gasteiger partial charge in [-0.25, -0.2) is 4.90 Å². The SMILES string of the molecule is Cc1cc(N2C(=O)CSCC2=O)no1. The Morgan fingerprint density at radius 1 is 1.43 bits per heavy atom. The van der Waals surface area contributed by atoms with Crippen LogP contribution in [0.15, 0.2) is 10.6 Å². The lowest BCUT2D eigenvalue weighted by Crippen LogP contribution is -2.43. The number of rotatable bonds is 1. The van der Waals surface area contributed by atoms with Gasteiger partial charge in [0.05, 0.1) is 11.5 Å². The van der Waals surface area contributed by atoms with E-state index in [1.54, 1.807) is 13.0 Å². The highest BCUT2D eigenvalue weighted by Crippen LogP contribution is 2.20. The second-order valence-corrected chi connectivity index (χ2v) is 3.90. The molecule has 1 aliphatic heterocycles. The molecule has 0 bridgehead atoms. The van der Waals surface area contributed by atoms with E-state index in [2.05, 4.69) is 5.16 Å². The zero-order chi connectivity index (χ0) is 10.1. The van der Waals surface area contributed by atoms with Crippen molar-refractivity contribution in [3.8, 4) is 0 Å². The van der Waals surface area contributed by atoms with Crippen LogP contribution in [0.4, 0.5) is 5.82 Å². The molecule has 0 aromatic carbocycles. The van der Waals surface area contributed by atoms with Gasteiger partial charge in [-0.05, 0) is 6.92 Å². The number of imide groups is 1.